The molecule has 0 aliphatic carbocycles. The second kappa shape index (κ2) is 7.22. The zero-order valence-corrected chi connectivity index (χ0v) is 15.7. The van der Waals surface area contributed by atoms with Gasteiger partial charge in [-0.3, -0.25) is 14.4 Å². The number of aromatic nitrogens is 2. The van der Waals surface area contributed by atoms with E-state index >= 15 is 0 Å². The van der Waals surface area contributed by atoms with Gasteiger partial charge in [-0.2, -0.15) is 0 Å². The smallest absolute Gasteiger partial charge is 0.257 e. The first kappa shape index (κ1) is 18.0. The first-order valence-corrected chi connectivity index (χ1v) is 10.3. The van der Waals surface area contributed by atoms with Gasteiger partial charge in [0.1, 0.15) is 5.01 Å². The van der Waals surface area contributed by atoms with Gasteiger partial charge >= 0.3 is 0 Å². The van der Waals surface area contributed by atoms with Gasteiger partial charge in [0.05, 0.1) is 11.9 Å². The summed E-state index contributed by atoms with van der Waals surface area (Å²) in [4.78, 5) is 12.4. The molecule has 26 heavy (non-hydrogen) atoms. The third-order valence-electron chi connectivity index (χ3n) is 3.64. The van der Waals surface area contributed by atoms with Crippen molar-refractivity contribution in [1.29, 1.82) is 0 Å². The summed E-state index contributed by atoms with van der Waals surface area (Å²) < 4.78 is 24.4. The number of amides is 1. The van der Waals surface area contributed by atoms with E-state index in [1.807, 2.05) is 30.3 Å². The SMILES string of the molecule is CN(c1cccc(C(=O)Nc2nnc(-c3ccccc3)s2)c1)S(C)(=O)=O. The fourth-order valence-electron chi connectivity index (χ4n) is 2.17. The molecule has 1 N–H and O–H groups in total. The zero-order valence-electron chi connectivity index (χ0n) is 14.1. The molecule has 1 aromatic heterocycles. The first-order valence-electron chi connectivity index (χ1n) is 7.59. The van der Waals surface area contributed by atoms with Crippen LogP contribution in [0.5, 0.6) is 0 Å². The topological polar surface area (TPSA) is 92.3 Å². The number of sulfonamides is 1. The molecule has 0 bridgehead atoms. The number of rotatable bonds is 5. The number of carbonyl (C=O) groups is 1. The molecule has 0 aliphatic heterocycles. The highest BCUT2D eigenvalue weighted by Gasteiger charge is 2.15. The van der Waals surface area contributed by atoms with Crippen LogP contribution in [-0.4, -0.2) is 37.8 Å². The van der Waals surface area contributed by atoms with Crippen molar-refractivity contribution in [2.75, 3.05) is 22.9 Å². The molecule has 3 rings (SSSR count). The summed E-state index contributed by atoms with van der Waals surface area (Å²) >= 11 is 1.26. The summed E-state index contributed by atoms with van der Waals surface area (Å²) in [6.07, 6.45) is 1.10. The highest BCUT2D eigenvalue weighted by molar-refractivity contribution is 7.92. The Morgan fingerprint density at radius 3 is 2.50 bits per heavy atom. The van der Waals surface area contributed by atoms with E-state index in [1.165, 1.54) is 24.5 Å². The van der Waals surface area contributed by atoms with E-state index in [2.05, 4.69) is 15.5 Å². The maximum atomic E-state index is 12.4. The van der Waals surface area contributed by atoms with E-state index in [-0.39, 0.29) is 5.91 Å². The second-order valence-electron chi connectivity index (χ2n) is 5.51. The molecular weight excluding hydrogens is 372 g/mol. The molecule has 9 heteroatoms. The Balaban J connectivity index is 1.78. The van der Waals surface area contributed by atoms with Gasteiger partial charge in [0, 0.05) is 18.2 Å². The van der Waals surface area contributed by atoms with E-state index in [9.17, 15) is 13.2 Å². The van der Waals surface area contributed by atoms with Crippen LogP contribution in [0.2, 0.25) is 0 Å². The van der Waals surface area contributed by atoms with E-state index < -0.39 is 10.0 Å². The number of hydrogen-bond donors (Lipinski definition) is 1. The normalized spacial score (nSPS) is 11.2. The Hall–Kier alpha value is -2.78. The molecule has 0 fully saturated rings. The lowest BCUT2D eigenvalue weighted by Crippen LogP contribution is -2.25. The molecule has 0 spiro atoms. The average Bonchev–Trinajstić information content (AvgIpc) is 3.09. The molecule has 0 saturated heterocycles. The van der Waals surface area contributed by atoms with Crippen molar-refractivity contribution in [3.63, 3.8) is 0 Å². The summed E-state index contributed by atoms with van der Waals surface area (Å²) in [5, 5.41) is 11.8. The van der Waals surface area contributed by atoms with Crippen molar-refractivity contribution in [1.82, 2.24) is 10.2 Å². The summed E-state index contributed by atoms with van der Waals surface area (Å²) in [7, 11) is -1.97. The molecule has 0 aliphatic rings. The Kier molecular flexibility index (Phi) is 5.01. The minimum atomic E-state index is -3.40. The number of nitrogens with zero attached hydrogens (tertiary/aromatic N) is 3. The molecule has 1 amide bonds. The van der Waals surface area contributed by atoms with Crippen molar-refractivity contribution in [3.05, 3.63) is 60.2 Å². The predicted molar refractivity (Wildman–Crippen MR) is 103 cm³/mol. The molecule has 134 valence electrons. The Morgan fingerprint density at radius 2 is 1.81 bits per heavy atom. The third kappa shape index (κ3) is 4.06. The van der Waals surface area contributed by atoms with Crippen LogP contribution in [-0.2, 0) is 10.0 Å². The Morgan fingerprint density at radius 1 is 1.08 bits per heavy atom. The Bertz CT molecular complexity index is 1030. The Labute approximate surface area is 155 Å². The summed E-state index contributed by atoms with van der Waals surface area (Å²) in [6.45, 7) is 0. The molecular formula is C17H16N4O3S2. The summed E-state index contributed by atoms with van der Waals surface area (Å²) in [6, 6.07) is 15.9. The fourth-order valence-corrected chi connectivity index (χ4v) is 3.42. The molecule has 2 aromatic carbocycles. The molecule has 7 nitrogen and oxygen atoms in total. The molecule has 0 saturated carbocycles. The van der Waals surface area contributed by atoms with Gasteiger partial charge < -0.3 is 0 Å². The maximum Gasteiger partial charge on any atom is 0.257 e. The minimum Gasteiger partial charge on any atom is -0.296 e. The molecule has 0 unspecified atom stereocenters. The lowest BCUT2D eigenvalue weighted by Gasteiger charge is -2.17. The summed E-state index contributed by atoms with van der Waals surface area (Å²) in [5.74, 6) is -0.385. The molecule has 0 radical (unpaired) electrons. The van der Waals surface area contributed by atoms with Gasteiger partial charge in [0.2, 0.25) is 15.2 Å². The van der Waals surface area contributed by atoms with Gasteiger partial charge in [-0.05, 0) is 18.2 Å². The highest BCUT2D eigenvalue weighted by Crippen LogP contribution is 2.26. The molecule has 0 atom stereocenters. The lowest BCUT2D eigenvalue weighted by molar-refractivity contribution is 0.102. The van der Waals surface area contributed by atoms with Crippen molar-refractivity contribution >= 4 is 38.1 Å². The highest BCUT2D eigenvalue weighted by atomic mass is 32.2. The molecule has 1 heterocycles. The number of hydrogen-bond acceptors (Lipinski definition) is 6. The van der Waals surface area contributed by atoms with Crippen LogP contribution < -0.4 is 9.62 Å². The third-order valence-corrected chi connectivity index (χ3v) is 5.73. The molecule has 3 aromatic rings. The van der Waals surface area contributed by atoms with Crippen molar-refractivity contribution < 1.29 is 13.2 Å². The van der Waals surface area contributed by atoms with Gasteiger partial charge in [-0.25, -0.2) is 8.42 Å². The number of benzene rings is 2. The average molecular weight is 388 g/mol. The van der Waals surface area contributed by atoms with Crippen LogP contribution in [0.1, 0.15) is 10.4 Å². The van der Waals surface area contributed by atoms with E-state index in [4.69, 9.17) is 0 Å². The van der Waals surface area contributed by atoms with Crippen molar-refractivity contribution in [2.45, 2.75) is 0 Å². The van der Waals surface area contributed by atoms with Crippen LogP contribution in [0, 0.1) is 0 Å². The van der Waals surface area contributed by atoms with Crippen LogP contribution in [0.25, 0.3) is 10.6 Å². The zero-order chi connectivity index (χ0) is 18.7. The van der Waals surface area contributed by atoms with Crippen molar-refractivity contribution in [3.8, 4) is 10.6 Å². The van der Waals surface area contributed by atoms with Gasteiger partial charge in [-0.1, -0.05) is 47.7 Å². The first-order chi connectivity index (χ1) is 12.3. The van der Waals surface area contributed by atoms with Crippen molar-refractivity contribution in [2.24, 2.45) is 0 Å². The summed E-state index contributed by atoms with van der Waals surface area (Å²) in [5.41, 5.74) is 1.65. The van der Waals surface area contributed by atoms with E-state index in [1.54, 1.807) is 18.2 Å². The van der Waals surface area contributed by atoms with Gasteiger partial charge in [-0.15, -0.1) is 10.2 Å². The van der Waals surface area contributed by atoms with Crippen LogP contribution >= 0.6 is 11.3 Å². The lowest BCUT2D eigenvalue weighted by atomic mass is 10.2. The quantitative estimate of drug-likeness (QED) is 0.726. The largest absolute Gasteiger partial charge is 0.296 e. The monoisotopic (exact) mass is 388 g/mol. The van der Waals surface area contributed by atoms with E-state index in [0.29, 0.717) is 21.4 Å². The second-order valence-corrected chi connectivity index (χ2v) is 8.50. The van der Waals surface area contributed by atoms with Gasteiger partial charge in [0.25, 0.3) is 5.91 Å². The number of nitrogens with one attached hydrogen (secondary N) is 1. The van der Waals surface area contributed by atoms with E-state index in [0.717, 1.165) is 16.1 Å². The number of carbonyl (C=O) groups excluding carboxylic acids is 1. The number of anilines is 2. The van der Waals surface area contributed by atoms with Crippen LogP contribution in [0.3, 0.4) is 0 Å². The van der Waals surface area contributed by atoms with Crippen LogP contribution in [0.4, 0.5) is 10.8 Å². The van der Waals surface area contributed by atoms with Gasteiger partial charge in [0.15, 0.2) is 0 Å². The fraction of sp³-hybridized carbons (Fsp3) is 0.118. The maximum absolute atomic E-state index is 12.4. The minimum absolute atomic E-state index is 0.328. The standard InChI is InChI=1S/C17H16N4O3S2/c1-21(26(2,23)24)14-10-6-9-13(11-14)15(22)18-17-20-19-16(25-17)12-7-4-3-5-8-12/h3-11H,1-2H3,(H,18,20,22). The van der Waals surface area contributed by atoms with Crippen LogP contribution in [0.15, 0.2) is 54.6 Å². The predicted octanol–water partition coefficient (Wildman–Crippen LogP) is 2.85.